The zero-order valence-electron chi connectivity index (χ0n) is 17.6. The zero-order valence-corrected chi connectivity index (χ0v) is 17.6. The van der Waals surface area contributed by atoms with Crippen molar-refractivity contribution in [2.75, 3.05) is 32.1 Å². The highest BCUT2D eigenvalue weighted by Gasteiger charge is 2.35. The maximum Gasteiger partial charge on any atom is 0.198 e. The van der Waals surface area contributed by atoms with Gasteiger partial charge in [-0.1, -0.05) is 0 Å². The number of hydrogen-bond donors (Lipinski definition) is 0. The summed E-state index contributed by atoms with van der Waals surface area (Å²) >= 11 is 0. The first kappa shape index (κ1) is 18.3. The molecule has 2 aliphatic rings. The second kappa shape index (κ2) is 6.64. The van der Waals surface area contributed by atoms with Crippen LogP contribution in [0.2, 0.25) is 0 Å². The summed E-state index contributed by atoms with van der Waals surface area (Å²) in [6.07, 6.45) is 5.42. The summed E-state index contributed by atoms with van der Waals surface area (Å²) in [5.74, 6) is 1.21. The van der Waals surface area contributed by atoms with Crippen LogP contribution in [-0.2, 0) is 7.05 Å². The summed E-state index contributed by atoms with van der Waals surface area (Å²) in [6, 6.07) is 7.10. The third-order valence-electron chi connectivity index (χ3n) is 6.53. The Kier molecular flexibility index (Phi) is 4.18. The number of fused-ring (bicyclic) bond motifs is 1. The lowest BCUT2D eigenvalue weighted by atomic mass is 9.96. The van der Waals surface area contributed by atoms with Crippen LogP contribution in [0.15, 0.2) is 22.7 Å². The molecule has 6 heteroatoms. The van der Waals surface area contributed by atoms with Crippen molar-refractivity contribution in [3.05, 3.63) is 35.3 Å². The second-order valence-corrected chi connectivity index (χ2v) is 8.70. The number of aryl methyl sites for hydroxylation is 1. The summed E-state index contributed by atoms with van der Waals surface area (Å²) in [4.78, 5) is 9.54. The van der Waals surface area contributed by atoms with Crippen LogP contribution < -0.4 is 4.90 Å². The van der Waals surface area contributed by atoms with Crippen LogP contribution >= 0.6 is 0 Å². The molecule has 1 saturated heterocycles. The van der Waals surface area contributed by atoms with Gasteiger partial charge in [0.1, 0.15) is 11.6 Å². The van der Waals surface area contributed by atoms with E-state index in [9.17, 15) is 5.26 Å². The highest BCUT2D eigenvalue weighted by molar-refractivity contribution is 6.02. The summed E-state index contributed by atoms with van der Waals surface area (Å²) in [7, 11) is 6.34. The minimum Gasteiger partial charge on any atom is -0.438 e. The number of likely N-dealkylation sites (N-methyl/N-ethyl adjacent to an activating group) is 1. The molecular weight excluding hydrogens is 362 g/mol. The lowest BCUT2D eigenvalue weighted by molar-refractivity contribution is 0.315. The average molecular weight is 390 g/mol. The number of rotatable bonds is 4. The molecule has 1 atom stereocenters. The molecule has 1 aromatic carbocycles. The monoisotopic (exact) mass is 389 g/mol. The Morgan fingerprint density at radius 1 is 1.28 bits per heavy atom. The van der Waals surface area contributed by atoms with Crippen LogP contribution in [0.1, 0.15) is 42.2 Å². The highest BCUT2D eigenvalue weighted by atomic mass is 16.4. The average Bonchev–Trinajstić information content (AvgIpc) is 3.08. The van der Waals surface area contributed by atoms with E-state index in [1.165, 1.54) is 0 Å². The number of nitriles is 1. The van der Waals surface area contributed by atoms with E-state index < -0.39 is 0 Å². The fraction of sp³-hybridized carbons (Fsp3) is 0.478. The molecule has 1 unspecified atom stereocenters. The molecule has 3 aromatic rings. The van der Waals surface area contributed by atoms with Crippen LogP contribution in [0.3, 0.4) is 0 Å². The summed E-state index contributed by atoms with van der Waals surface area (Å²) in [5.41, 5.74) is 6.44. The maximum absolute atomic E-state index is 9.98. The van der Waals surface area contributed by atoms with E-state index in [4.69, 9.17) is 9.40 Å². The quantitative estimate of drug-likeness (QED) is 0.674. The molecule has 5 rings (SSSR count). The van der Waals surface area contributed by atoms with Crippen molar-refractivity contribution in [3.8, 4) is 17.3 Å². The van der Waals surface area contributed by atoms with Crippen molar-refractivity contribution < 1.29 is 4.42 Å². The molecule has 0 N–H and O–H groups in total. The number of oxazole rings is 1. The summed E-state index contributed by atoms with van der Waals surface area (Å²) < 4.78 is 8.50. The molecule has 1 aliphatic heterocycles. The maximum atomic E-state index is 9.98. The van der Waals surface area contributed by atoms with Gasteiger partial charge in [0.25, 0.3) is 0 Å². The van der Waals surface area contributed by atoms with Gasteiger partial charge < -0.3 is 18.8 Å². The molecule has 2 aromatic heterocycles. The molecular formula is C23H27N5O. The molecule has 0 bridgehead atoms. The van der Waals surface area contributed by atoms with Gasteiger partial charge in [-0.25, -0.2) is 4.98 Å². The number of nitrogens with zero attached hydrogens (tertiary/aromatic N) is 5. The fourth-order valence-corrected chi connectivity index (χ4v) is 4.60. The minimum absolute atomic E-state index is 0.411. The molecule has 2 fully saturated rings. The Labute approximate surface area is 171 Å². The lowest BCUT2D eigenvalue weighted by Gasteiger charge is -2.25. The van der Waals surface area contributed by atoms with E-state index in [0.29, 0.717) is 17.5 Å². The summed E-state index contributed by atoms with van der Waals surface area (Å²) in [5, 5.41) is 9.98. The Balaban J connectivity index is 1.80. The molecule has 29 heavy (non-hydrogen) atoms. The fourth-order valence-electron chi connectivity index (χ4n) is 4.60. The second-order valence-electron chi connectivity index (χ2n) is 8.70. The molecule has 150 valence electrons. The van der Waals surface area contributed by atoms with Crippen LogP contribution in [0.4, 0.5) is 5.69 Å². The number of anilines is 1. The van der Waals surface area contributed by atoms with Crippen LogP contribution in [0, 0.1) is 18.3 Å². The molecule has 0 amide bonds. The number of aromatic nitrogens is 2. The van der Waals surface area contributed by atoms with Crippen molar-refractivity contribution in [3.63, 3.8) is 0 Å². The number of hydrogen-bond acceptors (Lipinski definition) is 5. The van der Waals surface area contributed by atoms with Gasteiger partial charge in [0.05, 0.1) is 16.9 Å². The Morgan fingerprint density at radius 3 is 2.66 bits per heavy atom. The van der Waals surface area contributed by atoms with Gasteiger partial charge >= 0.3 is 0 Å². The molecule has 3 heterocycles. The van der Waals surface area contributed by atoms with E-state index in [1.807, 2.05) is 0 Å². The topological polar surface area (TPSA) is 61.2 Å². The van der Waals surface area contributed by atoms with Gasteiger partial charge in [0.2, 0.25) is 0 Å². The third kappa shape index (κ3) is 2.84. The molecule has 0 spiro atoms. The Bertz CT molecular complexity index is 1130. The highest BCUT2D eigenvalue weighted by Crippen LogP contribution is 2.47. The summed E-state index contributed by atoms with van der Waals surface area (Å²) in [6.45, 7) is 3.97. The van der Waals surface area contributed by atoms with E-state index >= 15 is 0 Å². The van der Waals surface area contributed by atoms with Gasteiger partial charge in [0, 0.05) is 43.9 Å². The molecule has 6 nitrogen and oxygen atoms in total. The van der Waals surface area contributed by atoms with E-state index in [2.05, 4.69) is 66.8 Å². The predicted molar refractivity (Wildman–Crippen MR) is 114 cm³/mol. The Hall–Kier alpha value is -2.78. The minimum atomic E-state index is 0.411. The zero-order chi connectivity index (χ0) is 20.3. The lowest BCUT2D eigenvalue weighted by Crippen LogP contribution is -2.31. The van der Waals surface area contributed by atoms with Crippen molar-refractivity contribution in [2.45, 2.75) is 38.1 Å². The largest absolute Gasteiger partial charge is 0.438 e. The molecule has 1 saturated carbocycles. The first-order valence-corrected chi connectivity index (χ1v) is 10.4. The normalized spacial score (nSPS) is 19.4. The van der Waals surface area contributed by atoms with Gasteiger partial charge in [0.15, 0.2) is 11.5 Å². The molecule has 1 aliphatic carbocycles. The smallest absolute Gasteiger partial charge is 0.198 e. The van der Waals surface area contributed by atoms with Crippen molar-refractivity contribution >= 4 is 16.8 Å². The SMILES string of the molecule is Cc1c(-c2cccn2C)c(N2CCC(N(C)C)C2)c2oc(C3CC3)nc2c1C#N. The predicted octanol–water partition coefficient (Wildman–Crippen LogP) is 4.03. The Morgan fingerprint density at radius 2 is 2.07 bits per heavy atom. The number of benzene rings is 1. The first-order chi connectivity index (χ1) is 14.0. The van der Waals surface area contributed by atoms with Crippen molar-refractivity contribution in [1.29, 1.82) is 5.26 Å². The van der Waals surface area contributed by atoms with Gasteiger partial charge in [-0.3, -0.25) is 0 Å². The first-order valence-electron chi connectivity index (χ1n) is 10.4. The molecule has 0 radical (unpaired) electrons. The van der Waals surface area contributed by atoms with Crippen LogP contribution in [0.25, 0.3) is 22.4 Å². The van der Waals surface area contributed by atoms with Gasteiger partial charge in [-0.15, -0.1) is 0 Å². The van der Waals surface area contributed by atoms with E-state index in [1.54, 1.807) is 0 Å². The van der Waals surface area contributed by atoms with E-state index in [-0.39, 0.29) is 0 Å². The van der Waals surface area contributed by atoms with E-state index in [0.717, 1.165) is 71.9 Å². The third-order valence-corrected chi connectivity index (χ3v) is 6.53. The van der Waals surface area contributed by atoms with Gasteiger partial charge in [-0.05, 0) is 58.0 Å². The standard InChI is InChI=1S/C23H27N5O/c1-14-17(12-24)20-22(29-23(25-20)15-7-8-15)21(19(14)18-6-5-10-27(18)4)28-11-9-16(13-28)26(2)3/h5-6,10,15-16H,7-9,11,13H2,1-4H3. The van der Waals surface area contributed by atoms with Crippen LogP contribution in [0.5, 0.6) is 0 Å². The van der Waals surface area contributed by atoms with Crippen molar-refractivity contribution in [1.82, 2.24) is 14.5 Å². The van der Waals surface area contributed by atoms with Crippen LogP contribution in [-0.4, -0.2) is 47.7 Å². The van der Waals surface area contributed by atoms with Gasteiger partial charge in [-0.2, -0.15) is 5.26 Å². The van der Waals surface area contributed by atoms with Crippen molar-refractivity contribution in [2.24, 2.45) is 7.05 Å².